The van der Waals surface area contributed by atoms with Crippen molar-refractivity contribution in [2.75, 3.05) is 0 Å². The van der Waals surface area contributed by atoms with Gasteiger partial charge in [-0.15, -0.1) is 12.4 Å². The molecule has 0 fully saturated rings. The molecular weight excluding hydrogens is 253 g/mol. The van der Waals surface area contributed by atoms with Crippen molar-refractivity contribution < 1.29 is 4.39 Å². The van der Waals surface area contributed by atoms with E-state index in [0.29, 0.717) is 6.54 Å². The van der Waals surface area contributed by atoms with Gasteiger partial charge in [-0.1, -0.05) is 0 Å². The maximum atomic E-state index is 12.8. The summed E-state index contributed by atoms with van der Waals surface area (Å²) < 4.78 is 14.6. The van der Waals surface area contributed by atoms with Crippen molar-refractivity contribution in [2.45, 2.75) is 25.9 Å². The first-order valence-electron chi connectivity index (χ1n) is 5.52. The Hall–Kier alpha value is -1.39. The summed E-state index contributed by atoms with van der Waals surface area (Å²) in [4.78, 5) is 0. The van der Waals surface area contributed by atoms with Gasteiger partial charge in [0.05, 0.1) is 12.2 Å². The van der Waals surface area contributed by atoms with Crippen LogP contribution in [0.2, 0.25) is 0 Å². The molecule has 2 N–H and O–H groups in total. The zero-order chi connectivity index (χ0) is 12.5. The predicted octanol–water partition coefficient (Wildman–Crippen LogP) is 2.85. The van der Waals surface area contributed by atoms with E-state index < -0.39 is 0 Å². The average Bonchev–Trinajstić information content (AvgIpc) is 2.64. The van der Waals surface area contributed by atoms with Crippen molar-refractivity contribution in [3.05, 3.63) is 42.3 Å². The lowest BCUT2D eigenvalue weighted by atomic mass is 10.1. The largest absolute Gasteiger partial charge is 0.324 e. The molecule has 0 aliphatic rings. The Morgan fingerprint density at radius 1 is 1.22 bits per heavy atom. The van der Waals surface area contributed by atoms with E-state index in [2.05, 4.69) is 5.10 Å². The highest BCUT2D eigenvalue weighted by atomic mass is 35.5. The molecule has 1 heterocycles. The lowest BCUT2D eigenvalue weighted by Crippen LogP contribution is -2.37. The third-order valence-corrected chi connectivity index (χ3v) is 2.35. The molecule has 1 aromatic carbocycles. The summed E-state index contributed by atoms with van der Waals surface area (Å²) in [6.07, 6.45) is 1.88. The van der Waals surface area contributed by atoms with Crippen LogP contribution in [0.25, 0.3) is 11.3 Å². The van der Waals surface area contributed by atoms with Gasteiger partial charge in [-0.05, 0) is 44.2 Å². The minimum atomic E-state index is -0.300. The van der Waals surface area contributed by atoms with Gasteiger partial charge in [0.2, 0.25) is 0 Å². The molecule has 0 radical (unpaired) electrons. The highest BCUT2D eigenvalue weighted by Crippen LogP contribution is 2.17. The van der Waals surface area contributed by atoms with Gasteiger partial charge in [0.25, 0.3) is 0 Å². The van der Waals surface area contributed by atoms with Crippen LogP contribution in [0.3, 0.4) is 0 Å². The average molecular weight is 270 g/mol. The number of benzene rings is 1. The predicted molar refractivity (Wildman–Crippen MR) is 73.1 cm³/mol. The fourth-order valence-corrected chi connectivity index (χ4v) is 1.64. The maximum Gasteiger partial charge on any atom is 0.123 e. The second-order valence-corrected chi connectivity index (χ2v) is 4.89. The minimum Gasteiger partial charge on any atom is -0.324 e. The molecule has 2 rings (SSSR count). The number of nitrogens with zero attached hydrogens (tertiary/aromatic N) is 2. The first-order chi connectivity index (χ1) is 7.94. The summed E-state index contributed by atoms with van der Waals surface area (Å²) in [7, 11) is 0. The summed E-state index contributed by atoms with van der Waals surface area (Å²) in [6, 6.07) is 8.20. The van der Waals surface area contributed by atoms with Crippen LogP contribution >= 0.6 is 12.4 Å². The van der Waals surface area contributed by atoms with Crippen molar-refractivity contribution in [3.63, 3.8) is 0 Å². The smallest absolute Gasteiger partial charge is 0.123 e. The van der Waals surface area contributed by atoms with E-state index in [0.717, 1.165) is 11.3 Å². The van der Waals surface area contributed by atoms with E-state index >= 15 is 0 Å². The molecule has 0 bridgehead atoms. The molecular formula is C13H17ClFN3. The van der Waals surface area contributed by atoms with Gasteiger partial charge in [-0.3, -0.25) is 4.68 Å². The Kier molecular flexibility index (Phi) is 4.48. The molecule has 0 unspecified atom stereocenters. The third-order valence-electron chi connectivity index (χ3n) is 2.35. The van der Waals surface area contributed by atoms with Crippen LogP contribution in [0.15, 0.2) is 36.5 Å². The summed E-state index contributed by atoms with van der Waals surface area (Å²) in [5.74, 6) is -0.240. The van der Waals surface area contributed by atoms with Gasteiger partial charge in [0.15, 0.2) is 0 Å². The minimum absolute atomic E-state index is 0. The van der Waals surface area contributed by atoms with Crippen molar-refractivity contribution in [2.24, 2.45) is 5.73 Å². The van der Waals surface area contributed by atoms with E-state index in [-0.39, 0.29) is 23.8 Å². The van der Waals surface area contributed by atoms with Crippen LogP contribution < -0.4 is 5.73 Å². The van der Waals surface area contributed by atoms with Gasteiger partial charge >= 0.3 is 0 Å². The van der Waals surface area contributed by atoms with Crippen LogP contribution in [0, 0.1) is 5.82 Å². The fourth-order valence-electron chi connectivity index (χ4n) is 1.64. The molecule has 0 aliphatic carbocycles. The standard InChI is InChI=1S/C13H16FN3.ClH/c1-13(2,15)9-17-8-7-12(16-17)10-3-5-11(14)6-4-10;/h3-8H,9,15H2,1-2H3;1H. The molecule has 0 saturated carbocycles. The number of nitrogens with two attached hydrogens (primary N) is 1. The zero-order valence-corrected chi connectivity index (χ0v) is 11.2. The monoisotopic (exact) mass is 269 g/mol. The van der Waals surface area contributed by atoms with Crippen molar-refractivity contribution in [1.29, 1.82) is 0 Å². The SMILES string of the molecule is CC(C)(N)Cn1ccc(-c2ccc(F)cc2)n1.Cl. The summed E-state index contributed by atoms with van der Waals surface area (Å²) in [5, 5.41) is 4.41. The van der Waals surface area contributed by atoms with Gasteiger partial charge in [-0.25, -0.2) is 4.39 Å². The molecule has 0 aliphatic heterocycles. The number of halogens is 2. The van der Waals surface area contributed by atoms with Crippen molar-refractivity contribution >= 4 is 12.4 Å². The number of aromatic nitrogens is 2. The Morgan fingerprint density at radius 2 is 1.83 bits per heavy atom. The lowest BCUT2D eigenvalue weighted by molar-refractivity contribution is 0.409. The number of hydrogen-bond acceptors (Lipinski definition) is 2. The summed E-state index contributed by atoms with van der Waals surface area (Å²) >= 11 is 0. The lowest BCUT2D eigenvalue weighted by Gasteiger charge is -2.17. The molecule has 18 heavy (non-hydrogen) atoms. The molecule has 2 aromatic rings. The first kappa shape index (κ1) is 14.7. The molecule has 3 nitrogen and oxygen atoms in total. The summed E-state index contributed by atoms with van der Waals surface area (Å²) in [5.41, 5.74) is 7.36. The highest BCUT2D eigenvalue weighted by Gasteiger charge is 2.12. The van der Waals surface area contributed by atoms with Gasteiger partial charge in [0.1, 0.15) is 5.82 Å². The maximum absolute atomic E-state index is 12.8. The Balaban J connectivity index is 0.00000162. The Labute approximate surface area is 112 Å². The molecule has 0 atom stereocenters. The van der Waals surface area contributed by atoms with E-state index in [9.17, 15) is 4.39 Å². The van der Waals surface area contributed by atoms with E-state index in [4.69, 9.17) is 5.73 Å². The van der Waals surface area contributed by atoms with Gasteiger partial charge in [0, 0.05) is 17.3 Å². The zero-order valence-electron chi connectivity index (χ0n) is 10.4. The van der Waals surface area contributed by atoms with Gasteiger partial charge < -0.3 is 5.73 Å². The van der Waals surface area contributed by atoms with Gasteiger partial charge in [-0.2, -0.15) is 5.10 Å². The van der Waals surface area contributed by atoms with E-state index in [1.54, 1.807) is 16.8 Å². The molecule has 1 aromatic heterocycles. The molecule has 5 heteroatoms. The molecule has 0 amide bonds. The van der Waals surface area contributed by atoms with Crippen molar-refractivity contribution in [3.8, 4) is 11.3 Å². The normalized spacial score (nSPS) is 11.1. The highest BCUT2D eigenvalue weighted by molar-refractivity contribution is 5.85. The third kappa shape index (κ3) is 3.82. The van der Waals surface area contributed by atoms with Crippen LogP contribution in [-0.2, 0) is 6.54 Å². The van der Waals surface area contributed by atoms with Crippen LogP contribution in [-0.4, -0.2) is 15.3 Å². The topological polar surface area (TPSA) is 43.8 Å². The quantitative estimate of drug-likeness (QED) is 0.931. The molecule has 0 spiro atoms. The molecule has 98 valence electrons. The number of hydrogen-bond donors (Lipinski definition) is 1. The first-order valence-corrected chi connectivity index (χ1v) is 5.52. The van der Waals surface area contributed by atoms with Crippen LogP contribution in [0.5, 0.6) is 0 Å². The molecule has 0 saturated heterocycles. The van der Waals surface area contributed by atoms with Crippen LogP contribution in [0.1, 0.15) is 13.8 Å². The second-order valence-electron chi connectivity index (χ2n) is 4.89. The Morgan fingerprint density at radius 3 is 2.39 bits per heavy atom. The number of rotatable bonds is 3. The second kappa shape index (κ2) is 5.50. The van der Waals surface area contributed by atoms with Crippen molar-refractivity contribution in [1.82, 2.24) is 9.78 Å². The summed E-state index contributed by atoms with van der Waals surface area (Å²) in [6.45, 7) is 4.55. The van der Waals surface area contributed by atoms with E-state index in [1.807, 2.05) is 26.1 Å². The van der Waals surface area contributed by atoms with E-state index in [1.165, 1.54) is 12.1 Å². The van der Waals surface area contributed by atoms with Crippen LogP contribution in [0.4, 0.5) is 4.39 Å². The fraction of sp³-hybridized carbons (Fsp3) is 0.308. The Bertz CT molecular complexity index is 500.